The third kappa shape index (κ3) is 2.98. The van der Waals surface area contributed by atoms with E-state index < -0.39 is 0 Å². The molecular formula is C18H22O. The number of phenolic OH excluding ortho intramolecular Hbond substituents is 1. The first-order chi connectivity index (χ1) is 9.17. The molecule has 100 valence electrons. The van der Waals surface area contributed by atoms with Gasteiger partial charge in [-0.1, -0.05) is 45.0 Å². The zero-order valence-electron chi connectivity index (χ0n) is 12.0. The van der Waals surface area contributed by atoms with Crippen LogP contribution in [0.1, 0.15) is 37.5 Å². The van der Waals surface area contributed by atoms with Crippen molar-refractivity contribution >= 4 is 0 Å². The lowest BCUT2D eigenvalue weighted by atomic mass is 9.93. The fourth-order valence-electron chi connectivity index (χ4n) is 2.47. The van der Waals surface area contributed by atoms with E-state index in [2.05, 4.69) is 39.0 Å². The fraction of sp³-hybridized carbons (Fsp3) is 0.333. The average Bonchev–Trinajstić information content (AvgIpc) is 2.46. The standard InChI is InChI=1S/C18H22O/c1-4-13-9-14(5-2)11-16(10-13)18-12-17(19)8-7-15(18)6-3/h7-12,19H,4-6H2,1-3H3. The second-order valence-electron chi connectivity index (χ2n) is 4.94. The van der Waals surface area contributed by atoms with Crippen LogP contribution in [0.4, 0.5) is 0 Å². The molecule has 2 rings (SSSR count). The van der Waals surface area contributed by atoms with Crippen molar-refractivity contribution in [1.82, 2.24) is 0 Å². The first-order valence-corrected chi connectivity index (χ1v) is 7.13. The number of aromatic hydroxyl groups is 1. The normalized spacial score (nSPS) is 10.7. The fourth-order valence-corrected chi connectivity index (χ4v) is 2.47. The summed E-state index contributed by atoms with van der Waals surface area (Å²) in [5.74, 6) is 0.340. The maximum atomic E-state index is 9.75. The lowest BCUT2D eigenvalue weighted by molar-refractivity contribution is 0.475. The molecule has 1 heteroatoms. The van der Waals surface area contributed by atoms with Gasteiger partial charge in [-0.2, -0.15) is 0 Å². The highest BCUT2D eigenvalue weighted by Gasteiger charge is 2.07. The highest BCUT2D eigenvalue weighted by atomic mass is 16.3. The van der Waals surface area contributed by atoms with Gasteiger partial charge >= 0.3 is 0 Å². The van der Waals surface area contributed by atoms with E-state index >= 15 is 0 Å². The minimum absolute atomic E-state index is 0.340. The lowest BCUT2D eigenvalue weighted by Crippen LogP contribution is -1.92. The minimum Gasteiger partial charge on any atom is -0.508 e. The quantitative estimate of drug-likeness (QED) is 0.835. The van der Waals surface area contributed by atoms with E-state index in [9.17, 15) is 5.11 Å². The van der Waals surface area contributed by atoms with E-state index in [1.165, 1.54) is 22.3 Å². The zero-order chi connectivity index (χ0) is 13.8. The molecule has 2 aromatic rings. The largest absolute Gasteiger partial charge is 0.508 e. The van der Waals surface area contributed by atoms with E-state index in [4.69, 9.17) is 0 Å². The van der Waals surface area contributed by atoms with Gasteiger partial charge in [0.05, 0.1) is 0 Å². The van der Waals surface area contributed by atoms with Crippen LogP contribution < -0.4 is 0 Å². The summed E-state index contributed by atoms with van der Waals surface area (Å²) in [4.78, 5) is 0. The predicted molar refractivity (Wildman–Crippen MR) is 81.7 cm³/mol. The molecular weight excluding hydrogens is 232 g/mol. The third-order valence-electron chi connectivity index (χ3n) is 3.65. The Bertz CT molecular complexity index is 548. The molecule has 0 amide bonds. The third-order valence-corrected chi connectivity index (χ3v) is 3.65. The number of benzene rings is 2. The van der Waals surface area contributed by atoms with Gasteiger partial charge in [0.25, 0.3) is 0 Å². The molecule has 0 atom stereocenters. The Morgan fingerprint density at radius 2 is 1.42 bits per heavy atom. The lowest BCUT2D eigenvalue weighted by Gasteiger charge is -2.12. The van der Waals surface area contributed by atoms with Gasteiger partial charge in [0, 0.05) is 0 Å². The molecule has 0 radical (unpaired) electrons. The van der Waals surface area contributed by atoms with Crippen molar-refractivity contribution in [2.24, 2.45) is 0 Å². The molecule has 19 heavy (non-hydrogen) atoms. The maximum absolute atomic E-state index is 9.75. The van der Waals surface area contributed by atoms with Crippen molar-refractivity contribution < 1.29 is 5.11 Å². The van der Waals surface area contributed by atoms with Gasteiger partial charge in [0.15, 0.2) is 0 Å². The molecule has 0 saturated carbocycles. The maximum Gasteiger partial charge on any atom is 0.116 e. The predicted octanol–water partition coefficient (Wildman–Crippen LogP) is 4.75. The molecule has 0 spiro atoms. The first-order valence-electron chi connectivity index (χ1n) is 7.13. The van der Waals surface area contributed by atoms with Crippen LogP contribution in [0.2, 0.25) is 0 Å². The average molecular weight is 254 g/mol. The van der Waals surface area contributed by atoms with Gasteiger partial charge in [-0.25, -0.2) is 0 Å². The Hall–Kier alpha value is -1.76. The Kier molecular flexibility index (Phi) is 4.26. The van der Waals surface area contributed by atoms with Crippen molar-refractivity contribution in [2.45, 2.75) is 40.0 Å². The Morgan fingerprint density at radius 1 is 0.789 bits per heavy atom. The van der Waals surface area contributed by atoms with Crippen LogP contribution in [-0.2, 0) is 19.3 Å². The summed E-state index contributed by atoms with van der Waals surface area (Å²) in [6.45, 7) is 6.52. The van der Waals surface area contributed by atoms with Gasteiger partial charge in [-0.05, 0) is 59.2 Å². The van der Waals surface area contributed by atoms with Crippen LogP contribution in [0, 0.1) is 0 Å². The van der Waals surface area contributed by atoms with E-state index in [-0.39, 0.29) is 0 Å². The van der Waals surface area contributed by atoms with Crippen molar-refractivity contribution in [3.63, 3.8) is 0 Å². The summed E-state index contributed by atoms with van der Waals surface area (Å²) >= 11 is 0. The van der Waals surface area contributed by atoms with E-state index in [0.717, 1.165) is 24.8 Å². The first kappa shape index (κ1) is 13.7. The second kappa shape index (κ2) is 5.92. The summed E-state index contributed by atoms with van der Waals surface area (Å²) < 4.78 is 0. The second-order valence-corrected chi connectivity index (χ2v) is 4.94. The molecule has 0 aromatic heterocycles. The van der Waals surface area contributed by atoms with Crippen molar-refractivity contribution in [3.8, 4) is 16.9 Å². The highest BCUT2D eigenvalue weighted by molar-refractivity contribution is 5.70. The number of aryl methyl sites for hydroxylation is 3. The summed E-state index contributed by atoms with van der Waals surface area (Å²) in [5.41, 5.74) is 6.39. The van der Waals surface area contributed by atoms with Crippen LogP contribution >= 0.6 is 0 Å². The summed E-state index contributed by atoms with van der Waals surface area (Å²) in [6.07, 6.45) is 3.07. The number of phenols is 1. The Balaban J connectivity index is 2.60. The van der Waals surface area contributed by atoms with Gasteiger partial charge < -0.3 is 5.11 Å². The minimum atomic E-state index is 0.340. The number of hydrogen-bond acceptors (Lipinski definition) is 1. The van der Waals surface area contributed by atoms with Gasteiger partial charge in [0.2, 0.25) is 0 Å². The van der Waals surface area contributed by atoms with Crippen LogP contribution in [0.3, 0.4) is 0 Å². The van der Waals surface area contributed by atoms with Crippen LogP contribution in [0.25, 0.3) is 11.1 Å². The number of hydrogen-bond donors (Lipinski definition) is 1. The topological polar surface area (TPSA) is 20.2 Å². The van der Waals surface area contributed by atoms with Crippen LogP contribution in [-0.4, -0.2) is 5.11 Å². The SMILES string of the molecule is CCc1cc(CC)cc(-c2cc(O)ccc2CC)c1. The number of rotatable bonds is 4. The summed E-state index contributed by atoms with van der Waals surface area (Å²) in [7, 11) is 0. The molecule has 0 saturated heterocycles. The molecule has 0 aliphatic rings. The van der Waals surface area contributed by atoms with E-state index in [1.54, 1.807) is 6.07 Å². The molecule has 0 heterocycles. The Labute approximate surface area is 115 Å². The molecule has 0 aliphatic carbocycles. The van der Waals surface area contributed by atoms with E-state index in [1.807, 2.05) is 12.1 Å². The monoisotopic (exact) mass is 254 g/mol. The van der Waals surface area contributed by atoms with Crippen LogP contribution in [0.5, 0.6) is 5.75 Å². The Morgan fingerprint density at radius 3 is 1.95 bits per heavy atom. The van der Waals surface area contributed by atoms with Gasteiger partial charge in [0.1, 0.15) is 5.75 Å². The zero-order valence-corrected chi connectivity index (χ0v) is 12.0. The van der Waals surface area contributed by atoms with E-state index in [0.29, 0.717) is 5.75 Å². The highest BCUT2D eigenvalue weighted by Crippen LogP contribution is 2.30. The smallest absolute Gasteiger partial charge is 0.116 e. The molecule has 0 fully saturated rings. The van der Waals surface area contributed by atoms with Crippen LogP contribution in [0.15, 0.2) is 36.4 Å². The van der Waals surface area contributed by atoms with Crippen molar-refractivity contribution in [3.05, 3.63) is 53.1 Å². The van der Waals surface area contributed by atoms with Gasteiger partial charge in [-0.15, -0.1) is 0 Å². The molecule has 2 aromatic carbocycles. The summed E-state index contributed by atoms with van der Waals surface area (Å²) in [6, 6.07) is 12.4. The molecule has 0 aliphatic heterocycles. The van der Waals surface area contributed by atoms with Crippen molar-refractivity contribution in [1.29, 1.82) is 0 Å². The summed E-state index contributed by atoms with van der Waals surface area (Å²) in [5, 5.41) is 9.75. The molecule has 0 bridgehead atoms. The van der Waals surface area contributed by atoms with Gasteiger partial charge in [-0.3, -0.25) is 0 Å². The van der Waals surface area contributed by atoms with Crippen molar-refractivity contribution in [2.75, 3.05) is 0 Å². The molecule has 1 N–H and O–H groups in total. The molecule has 0 unspecified atom stereocenters. The molecule has 1 nitrogen and oxygen atoms in total.